The highest BCUT2D eigenvalue weighted by Gasteiger charge is 2.41. The molecule has 0 spiro atoms. The molecular formula is C23H17ClN2O8S2. The smallest absolute Gasteiger partial charge is 0.345 e. The van der Waals surface area contributed by atoms with Crippen LogP contribution < -0.4 is 9.61 Å². The Kier molecular flexibility index (Phi) is 7.48. The first-order valence-electron chi connectivity index (χ1n) is 10.2. The maximum absolute atomic E-state index is 13.0. The van der Waals surface area contributed by atoms with Gasteiger partial charge in [-0.3, -0.25) is 14.9 Å². The van der Waals surface area contributed by atoms with Crippen LogP contribution in [0.25, 0.3) is 0 Å². The Labute approximate surface area is 217 Å². The van der Waals surface area contributed by atoms with Gasteiger partial charge in [0.25, 0.3) is 5.69 Å². The number of methoxy groups -OCH3 is 2. The number of nitro benzene ring substituents is 1. The SMILES string of the molecule is COC(=O)C1=C(C(=O)OC)[C@@H](c2cc([N+](=O)[O-])ccc2OCc2ccccc2Cl)c2sc(=O)[nH]c2S1. The third-order valence-corrected chi connectivity index (χ3v) is 7.84. The lowest BCUT2D eigenvalue weighted by Gasteiger charge is -2.27. The summed E-state index contributed by atoms with van der Waals surface area (Å²) < 4.78 is 15.8. The van der Waals surface area contributed by atoms with E-state index < -0.39 is 27.7 Å². The number of esters is 2. The van der Waals surface area contributed by atoms with Crippen LogP contribution in [0.4, 0.5) is 5.69 Å². The van der Waals surface area contributed by atoms with E-state index in [1.165, 1.54) is 18.2 Å². The Morgan fingerprint density at radius 3 is 2.53 bits per heavy atom. The van der Waals surface area contributed by atoms with E-state index in [4.69, 9.17) is 25.8 Å². The molecule has 1 aromatic heterocycles. The van der Waals surface area contributed by atoms with Crippen LogP contribution in [0.15, 0.2) is 62.8 Å². The first kappa shape index (κ1) is 25.5. The molecule has 1 aliphatic heterocycles. The van der Waals surface area contributed by atoms with Crippen molar-refractivity contribution >= 4 is 52.3 Å². The van der Waals surface area contributed by atoms with Crippen molar-refractivity contribution in [3.05, 3.63) is 93.8 Å². The van der Waals surface area contributed by atoms with Gasteiger partial charge in [-0.05, 0) is 12.1 Å². The number of nitro groups is 1. The second kappa shape index (κ2) is 10.6. The fourth-order valence-corrected chi connectivity index (χ4v) is 6.06. The number of thiazole rings is 1. The van der Waals surface area contributed by atoms with Gasteiger partial charge in [0.15, 0.2) is 0 Å². The Balaban J connectivity index is 1.94. The standard InChI is InChI=1S/C23H17ClN2O8S2/c1-32-21(27)17-16(18-20(25-23(29)36-18)35-19(17)22(28)33-2)13-9-12(26(30)31)7-8-15(13)34-10-11-5-3-4-6-14(11)24/h3-9,16H,10H2,1-2H3,(H,25,29)/t16-/m1/s1. The van der Waals surface area contributed by atoms with Gasteiger partial charge in [-0.1, -0.05) is 52.9 Å². The lowest BCUT2D eigenvalue weighted by Crippen LogP contribution is -2.23. The molecule has 2 aromatic carbocycles. The quantitative estimate of drug-likeness (QED) is 0.258. The molecule has 0 unspecified atom stereocenters. The van der Waals surface area contributed by atoms with Crippen LogP contribution >= 0.6 is 34.7 Å². The number of halogens is 1. The van der Waals surface area contributed by atoms with Crippen molar-refractivity contribution in [1.82, 2.24) is 4.98 Å². The van der Waals surface area contributed by atoms with E-state index in [2.05, 4.69) is 4.98 Å². The molecule has 13 heteroatoms. The molecule has 0 amide bonds. The van der Waals surface area contributed by atoms with Gasteiger partial charge in [-0.2, -0.15) is 0 Å². The molecule has 0 aliphatic carbocycles. The molecule has 0 fully saturated rings. The Morgan fingerprint density at radius 1 is 1.14 bits per heavy atom. The fourth-order valence-electron chi connectivity index (χ4n) is 3.65. The van der Waals surface area contributed by atoms with Crippen molar-refractivity contribution in [3.8, 4) is 5.75 Å². The minimum absolute atomic E-state index is 0.0172. The lowest BCUT2D eigenvalue weighted by molar-refractivity contribution is -0.384. The van der Waals surface area contributed by atoms with Crippen LogP contribution in [0.1, 0.15) is 21.9 Å². The maximum Gasteiger partial charge on any atom is 0.345 e. The van der Waals surface area contributed by atoms with Crippen LogP contribution in [0.2, 0.25) is 5.02 Å². The molecule has 0 saturated heterocycles. The van der Waals surface area contributed by atoms with Crippen molar-refractivity contribution < 1.29 is 28.7 Å². The molecule has 4 rings (SSSR count). The number of nitrogens with zero attached hydrogens (tertiary/aromatic N) is 1. The van der Waals surface area contributed by atoms with E-state index >= 15 is 0 Å². The summed E-state index contributed by atoms with van der Waals surface area (Å²) in [5.74, 6) is -2.59. The highest BCUT2D eigenvalue weighted by atomic mass is 35.5. The number of carbonyl (C=O) groups is 2. The summed E-state index contributed by atoms with van der Waals surface area (Å²) >= 11 is 7.91. The largest absolute Gasteiger partial charge is 0.489 e. The number of aromatic nitrogens is 1. The number of benzene rings is 2. The molecule has 186 valence electrons. The molecule has 0 radical (unpaired) electrons. The minimum atomic E-state index is -1.09. The zero-order valence-corrected chi connectivity index (χ0v) is 21.1. The highest BCUT2D eigenvalue weighted by molar-refractivity contribution is 8.04. The molecule has 0 bridgehead atoms. The summed E-state index contributed by atoms with van der Waals surface area (Å²) in [7, 11) is 2.29. The van der Waals surface area contributed by atoms with E-state index in [1.807, 2.05) is 0 Å². The summed E-state index contributed by atoms with van der Waals surface area (Å²) in [6.45, 7) is 0.0172. The monoisotopic (exact) mass is 548 g/mol. The zero-order valence-electron chi connectivity index (χ0n) is 18.7. The Morgan fingerprint density at radius 2 is 1.86 bits per heavy atom. The Bertz CT molecular complexity index is 1460. The van der Waals surface area contributed by atoms with Crippen LogP contribution in [-0.2, 0) is 25.7 Å². The van der Waals surface area contributed by atoms with Crippen molar-refractivity contribution in [2.75, 3.05) is 14.2 Å². The first-order chi connectivity index (χ1) is 17.2. The van der Waals surface area contributed by atoms with Crippen molar-refractivity contribution in [3.63, 3.8) is 0 Å². The average Bonchev–Trinajstić information content (AvgIpc) is 3.25. The number of rotatable bonds is 7. The molecule has 0 saturated carbocycles. The van der Waals surface area contributed by atoms with E-state index in [1.54, 1.807) is 24.3 Å². The number of aromatic amines is 1. The second-order valence-electron chi connectivity index (χ2n) is 7.33. The van der Waals surface area contributed by atoms with Crippen molar-refractivity contribution in [2.45, 2.75) is 17.6 Å². The topological polar surface area (TPSA) is 138 Å². The third-order valence-electron chi connectivity index (χ3n) is 5.27. The number of fused-ring (bicyclic) bond motifs is 1. The van der Waals surface area contributed by atoms with Crippen LogP contribution in [0.3, 0.4) is 0 Å². The normalized spacial score (nSPS) is 14.7. The summed E-state index contributed by atoms with van der Waals surface area (Å²) in [4.78, 5) is 51.4. The lowest BCUT2D eigenvalue weighted by atomic mass is 9.88. The van der Waals surface area contributed by atoms with E-state index in [0.29, 0.717) is 20.5 Å². The Hall–Kier alpha value is -3.61. The van der Waals surface area contributed by atoms with E-state index in [0.717, 1.165) is 37.3 Å². The second-order valence-corrected chi connectivity index (χ2v) is 9.77. The molecular weight excluding hydrogens is 532 g/mol. The number of ether oxygens (including phenoxy) is 3. The summed E-state index contributed by atoms with van der Waals surface area (Å²) in [6, 6.07) is 10.9. The number of hydrogen-bond donors (Lipinski definition) is 1. The minimum Gasteiger partial charge on any atom is -0.489 e. The van der Waals surface area contributed by atoms with Gasteiger partial charge >= 0.3 is 16.8 Å². The van der Waals surface area contributed by atoms with E-state index in [9.17, 15) is 24.5 Å². The van der Waals surface area contributed by atoms with Gasteiger partial charge in [0.2, 0.25) is 0 Å². The number of hydrogen-bond acceptors (Lipinski definition) is 10. The summed E-state index contributed by atoms with van der Waals surface area (Å²) in [6.07, 6.45) is 0. The van der Waals surface area contributed by atoms with Gasteiger partial charge in [-0.25, -0.2) is 9.59 Å². The zero-order chi connectivity index (χ0) is 26.0. The van der Waals surface area contributed by atoms with Gasteiger partial charge in [0, 0.05) is 28.3 Å². The van der Waals surface area contributed by atoms with E-state index in [-0.39, 0.29) is 34.1 Å². The molecule has 10 nitrogen and oxygen atoms in total. The van der Waals surface area contributed by atoms with Gasteiger partial charge < -0.3 is 19.2 Å². The number of thioether (sulfide) groups is 1. The van der Waals surface area contributed by atoms with Crippen LogP contribution in [-0.4, -0.2) is 36.1 Å². The molecule has 1 aliphatic rings. The van der Waals surface area contributed by atoms with Crippen LogP contribution in [0.5, 0.6) is 5.75 Å². The molecule has 3 aromatic rings. The van der Waals surface area contributed by atoms with Crippen molar-refractivity contribution in [1.29, 1.82) is 0 Å². The predicted octanol–water partition coefficient (Wildman–Crippen LogP) is 4.41. The molecule has 36 heavy (non-hydrogen) atoms. The average molecular weight is 549 g/mol. The van der Waals surface area contributed by atoms with Crippen molar-refractivity contribution in [2.24, 2.45) is 0 Å². The summed E-state index contributed by atoms with van der Waals surface area (Å²) in [5, 5.41) is 12.4. The molecule has 1 N–H and O–H groups in total. The van der Waals surface area contributed by atoms with Gasteiger partial charge in [0.05, 0.1) is 40.5 Å². The number of H-pyrrole nitrogens is 1. The maximum atomic E-state index is 13.0. The fraction of sp³-hybridized carbons (Fsp3) is 0.174. The number of carbonyl (C=O) groups excluding carboxylic acids is 2. The predicted molar refractivity (Wildman–Crippen MR) is 133 cm³/mol. The number of nitrogens with one attached hydrogen (secondary N) is 1. The highest BCUT2D eigenvalue weighted by Crippen LogP contribution is 2.51. The molecule has 2 heterocycles. The van der Waals surface area contributed by atoms with Gasteiger partial charge in [0.1, 0.15) is 17.3 Å². The first-order valence-corrected chi connectivity index (χ1v) is 12.2. The van der Waals surface area contributed by atoms with Crippen LogP contribution in [0, 0.1) is 10.1 Å². The third kappa shape index (κ3) is 4.87. The number of non-ortho nitro benzene ring substituents is 1. The molecule has 1 atom stereocenters. The summed E-state index contributed by atoms with van der Waals surface area (Å²) in [5.41, 5.74) is 0.449. The van der Waals surface area contributed by atoms with Gasteiger partial charge in [-0.15, -0.1) is 0 Å².